The molecule has 5 heteroatoms. The monoisotopic (exact) mass is 394 g/mol. The minimum absolute atomic E-state index is 0.223. The van der Waals surface area contributed by atoms with Gasteiger partial charge in [-0.2, -0.15) is 0 Å². The van der Waals surface area contributed by atoms with Gasteiger partial charge >= 0.3 is 0 Å². The van der Waals surface area contributed by atoms with Gasteiger partial charge < -0.3 is 4.42 Å². The van der Waals surface area contributed by atoms with Gasteiger partial charge in [-0.1, -0.05) is 0 Å². The molecule has 1 aromatic carbocycles. The van der Waals surface area contributed by atoms with Crippen LogP contribution in [0.3, 0.4) is 0 Å². The number of hydrogen-bond acceptors (Lipinski definition) is 2. The van der Waals surface area contributed by atoms with E-state index in [1.165, 1.54) is 6.07 Å². The Bertz CT molecular complexity index is 551. The quantitative estimate of drug-likeness (QED) is 0.432. The molecule has 82 valence electrons. The molecule has 0 saturated carbocycles. The number of halogens is 3. The fourth-order valence-electron chi connectivity index (χ4n) is 1.27. The number of aldehydes is 1. The van der Waals surface area contributed by atoms with Gasteiger partial charge in [0.2, 0.25) is 0 Å². The van der Waals surface area contributed by atoms with Crippen LogP contribution in [-0.4, -0.2) is 6.29 Å². The van der Waals surface area contributed by atoms with Crippen LogP contribution in [0.5, 0.6) is 0 Å². The van der Waals surface area contributed by atoms with Crippen LogP contribution in [0.4, 0.5) is 4.39 Å². The van der Waals surface area contributed by atoms with E-state index in [-0.39, 0.29) is 11.6 Å². The van der Waals surface area contributed by atoms with Crippen molar-refractivity contribution in [2.45, 2.75) is 0 Å². The SMILES string of the molecule is O=Cc1ccc(-c2cc(F)c(I)cc2Br)o1. The summed E-state index contributed by atoms with van der Waals surface area (Å²) in [6, 6.07) is 6.22. The van der Waals surface area contributed by atoms with Gasteiger partial charge in [0.25, 0.3) is 0 Å². The first kappa shape index (κ1) is 11.8. The summed E-state index contributed by atoms with van der Waals surface area (Å²) in [5.74, 6) is 0.369. The van der Waals surface area contributed by atoms with Crippen LogP contribution in [0.25, 0.3) is 11.3 Å². The van der Waals surface area contributed by atoms with Crippen LogP contribution < -0.4 is 0 Å². The molecule has 0 radical (unpaired) electrons. The summed E-state index contributed by atoms with van der Waals surface area (Å²) in [4.78, 5) is 10.5. The van der Waals surface area contributed by atoms with Crippen molar-refractivity contribution in [3.63, 3.8) is 0 Å². The van der Waals surface area contributed by atoms with Gasteiger partial charge in [0, 0.05) is 13.6 Å². The van der Waals surface area contributed by atoms with Gasteiger partial charge in [0.1, 0.15) is 11.6 Å². The van der Waals surface area contributed by atoms with E-state index in [4.69, 9.17) is 4.42 Å². The molecule has 1 heterocycles. The third-order valence-electron chi connectivity index (χ3n) is 2.02. The Kier molecular flexibility index (Phi) is 3.44. The predicted molar refractivity (Wildman–Crippen MR) is 69.9 cm³/mol. The van der Waals surface area contributed by atoms with E-state index < -0.39 is 0 Å². The average Bonchev–Trinajstić information content (AvgIpc) is 2.71. The number of carbonyl (C=O) groups excluding carboxylic acids is 1. The molecule has 0 spiro atoms. The first-order valence-electron chi connectivity index (χ1n) is 4.31. The fourth-order valence-corrected chi connectivity index (χ4v) is 2.71. The lowest BCUT2D eigenvalue weighted by Crippen LogP contribution is -1.85. The first-order chi connectivity index (χ1) is 7.61. The highest BCUT2D eigenvalue weighted by Gasteiger charge is 2.11. The summed E-state index contributed by atoms with van der Waals surface area (Å²) >= 11 is 5.24. The van der Waals surface area contributed by atoms with Crippen molar-refractivity contribution in [1.29, 1.82) is 0 Å². The molecule has 2 nitrogen and oxygen atoms in total. The van der Waals surface area contributed by atoms with Gasteiger partial charge in [-0.3, -0.25) is 4.79 Å². The highest BCUT2D eigenvalue weighted by Crippen LogP contribution is 2.32. The van der Waals surface area contributed by atoms with Gasteiger partial charge in [-0.05, 0) is 62.8 Å². The lowest BCUT2D eigenvalue weighted by Gasteiger charge is -2.02. The molecule has 0 amide bonds. The van der Waals surface area contributed by atoms with Crippen LogP contribution in [0.2, 0.25) is 0 Å². The summed E-state index contributed by atoms with van der Waals surface area (Å²) in [6.45, 7) is 0. The molecule has 0 aliphatic rings. The maximum atomic E-state index is 13.4. The zero-order valence-electron chi connectivity index (χ0n) is 7.84. The van der Waals surface area contributed by atoms with Gasteiger partial charge in [0.15, 0.2) is 12.0 Å². The van der Waals surface area contributed by atoms with Gasteiger partial charge in [0.05, 0.1) is 0 Å². The van der Waals surface area contributed by atoms with E-state index in [1.807, 2.05) is 22.6 Å². The highest BCUT2D eigenvalue weighted by atomic mass is 127. The third kappa shape index (κ3) is 2.20. The number of carbonyl (C=O) groups is 1. The van der Waals surface area contributed by atoms with Crippen LogP contribution in [0.15, 0.2) is 33.2 Å². The van der Waals surface area contributed by atoms with Gasteiger partial charge in [-0.15, -0.1) is 0 Å². The van der Waals surface area contributed by atoms with Crippen molar-refractivity contribution >= 4 is 44.8 Å². The summed E-state index contributed by atoms with van der Waals surface area (Å²) in [7, 11) is 0. The molecule has 0 N–H and O–H groups in total. The first-order valence-corrected chi connectivity index (χ1v) is 6.19. The second-order valence-corrected chi connectivity index (χ2v) is 5.08. The van der Waals surface area contributed by atoms with Crippen molar-refractivity contribution in [2.24, 2.45) is 0 Å². The molecule has 0 bridgehead atoms. The van der Waals surface area contributed by atoms with E-state index in [0.29, 0.717) is 21.2 Å². The van der Waals surface area contributed by atoms with Crippen molar-refractivity contribution in [2.75, 3.05) is 0 Å². The summed E-state index contributed by atoms with van der Waals surface area (Å²) in [5.41, 5.74) is 0.589. The topological polar surface area (TPSA) is 30.2 Å². The molecular formula is C11H5BrFIO2. The minimum Gasteiger partial charge on any atom is -0.453 e. The summed E-state index contributed by atoms with van der Waals surface area (Å²) < 4.78 is 19.9. The van der Waals surface area contributed by atoms with Crippen molar-refractivity contribution in [1.82, 2.24) is 0 Å². The molecule has 16 heavy (non-hydrogen) atoms. The zero-order chi connectivity index (χ0) is 11.7. The van der Waals surface area contributed by atoms with Crippen LogP contribution in [0, 0.1) is 9.39 Å². The second-order valence-electron chi connectivity index (χ2n) is 3.07. The molecule has 2 aromatic rings. The number of benzene rings is 1. The zero-order valence-corrected chi connectivity index (χ0v) is 11.6. The molecular weight excluding hydrogens is 390 g/mol. The Morgan fingerprint density at radius 1 is 1.38 bits per heavy atom. The van der Waals surface area contributed by atoms with E-state index >= 15 is 0 Å². The van der Waals surface area contributed by atoms with Crippen LogP contribution >= 0.6 is 38.5 Å². The largest absolute Gasteiger partial charge is 0.453 e. The van der Waals surface area contributed by atoms with Crippen LogP contribution in [-0.2, 0) is 0 Å². The van der Waals surface area contributed by atoms with Crippen molar-refractivity contribution < 1.29 is 13.6 Å². The average molecular weight is 395 g/mol. The van der Waals surface area contributed by atoms with E-state index in [9.17, 15) is 9.18 Å². The lowest BCUT2D eigenvalue weighted by molar-refractivity contribution is 0.110. The van der Waals surface area contributed by atoms with Crippen LogP contribution in [0.1, 0.15) is 10.6 Å². The number of furan rings is 1. The standard InChI is InChI=1S/C11H5BrFIO2/c12-8-4-10(14)9(13)3-7(8)11-2-1-6(5-15)16-11/h1-5H. The highest BCUT2D eigenvalue weighted by molar-refractivity contribution is 14.1. The Labute approximate surface area is 113 Å². The third-order valence-corrected chi connectivity index (χ3v) is 3.50. The fraction of sp³-hybridized carbons (Fsp3) is 0. The van der Waals surface area contributed by atoms with E-state index in [0.717, 1.165) is 4.47 Å². The maximum Gasteiger partial charge on any atom is 0.185 e. The molecule has 0 aliphatic carbocycles. The van der Waals surface area contributed by atoms with E-state index in [1.54, 1.807) is 18.2 Å². The Balaban J connectivity index is 2.55. The maximum absolute atomic E-state index is 13.4. The van der Waals surface area contributed by atoms with Gasteiger partial charge in [-0.25, -0.2) is 4.39 Å². The minimum atomic E-state index is -0.317. The summed E-state index contributed by atoms with van der Waals surface area (Å²) in [6.07, 6.45) is 0.612. The molecule has 0 saturated heterocycles. The molecule has 2 rings (SSSR count). The number of rotatable bonds is 2. The smallest absolute Gasteiger partial charge is 0.185 e. The molecule has 1 aromatic heterocycles. The Hall–Kier alpha value is -0.690. The van der Waals surface area contributed by atoms with Crippen molar-refractivity contribution in [3.8, 4) is 11.3 Å². The lowest BCUT2D eigenvalue weighted by atomic mass is 10.2. The normalized spacial score (nSPS) is 10.4. The number of hydrogen-bond donors (Lipinski definition) is 0. The second kappa shape index (κ2) is 4.67. The predicted octanol–water partition coefficient (Wildman–Crippen LogP) is 4.27. The Morgan fingerprint density at radius 2 is 2.12 bits per heavy atom. The summed E-state index contributed by atoms with van der Waals surface area (Å²) in [5, 5.41) is 0. The molecule has 0 fully saturated rings. The molecule has 0 unspecified atom stereocenters. The molecule has 0 atom stereocenters. The Morgan fingerprint density at radius 3 is 2.75 bits per heavy atom. The molecule has 0 aliphatic heterocycles. The van der Waals surface area contributed by atoms with Crippen molar-refractivity contribution in [3.05, 3.63) is 43.9 Å². The van der Waals surface area contributed by atoms with E-state index in [2.05, 4.69) is 15.9 Å².